The predicted octanol–water partition coefficient (Wildman–Crippen LogP) is 2.63. The van der Waals surface area contributed by atoms with E-state index in [1.807, 2.05) is 11.8 Å². The van der Waals surface area contributed by atoms with E-state index in [4.69, 9.17) is 5.73 Å². The zero-order chi connectivity index (χ0) is 18.0. The van der Waals surface area contributed by atoms with E-state index < -0.39 is 18.3 Å². The lowest BCUT2D eigenvalue weighted by Crippen LogP contribution is -2.53. The highest BCUT2D eigenvalue weighted by Gasteiger charge is 2.41. The zero-order valence-corrected chi connectivity index (χ0v) is 14.7. The van der Waals surface area contributed by atoms with Gasteiger partial charge in [0, 0.05) is 25.2 Å². The molecular weight excluding hydrogens is 319 g/mol. The quantitative estimate of drug-likeness (QED) is 0.830. The van der Waals surface area contributed by atoms with Crippen LogP contribution in [0.5, 0.6) is 0 Å². The Morgan fingerprint density at radius 3 is 2.62 bits per heavy atom. The Labute approximate surface area is 142 Å². The maximum atomic E-state index is 12.8. The lowest BCUT2D eigenvalue weighted by molar-refractivity contribution is -0.147. The molecule has 1 amide bonds. The van der Waals surface area contributed by atoms with Gasteiger partial charge in [0.15, 0.2) is 0 Å². The standard InChI is InChI=1S/C17H30F3N3O/c1-3-22(12-17(18,19)20)10-13-7-9-23(11-13)15(24)14-6-4-5-8-16(14,2)21/h13-14H,3-12,21H2,1-2H3. The molecule has 0 bridgehead atoms. The van der Waals surface area contributed by atoms with Crippen LogP contribution in [-0.2, 0) is 4.79 Å². The van der Waals surface area contributed by atoms with Crippen LogP contribution in [0.1, 0.15) is 46.0 Å². The number of carbonyl (C=O) groups is 1. The van der Waals surface area contributed by atoms with Gasteiger partial charge < -0.3 is 10.6 Å². The summed E-state index contributed by atoms with van der Waals surface area (Å²) in [4.78, 5) is 16.0. The van der Waals surface area contributed by atoms with E-state index >= 15 is 0 Å². The number of carbonyl (C=O) groups excluding carboxylic acids is 1. The van der Waals surface area contributed by atoms with E-state index in [1.54, 1.807) is 6.92 Å². The minimum absolute atomic E-state index is 0.0982. The van der Waals surface area contributed by atoms with Gasteiger partial charge >= 0.3 is 6.18 Å². The smallest absolute Gasteiger partial charge is 0.342 e. The van der Waals surface area contributed by atoms with Crippen molar-refractivity contribution < 1.29 is 18.0 Å². The Morgan fingerprint density at radius 1 is 1.33 bits per heavy atom. The highest BCUT2D eigenvalue weighted by atomic mass is 19.4. The van der Waals surface area contributed by atoms with Crippen molar-refractivity contribution in [3.05, 3.63) is 0 Å². The Hall–Kier alpha value is -0.820. The van der Waals surface area contributed by atoms with Crippen LogP contribution in [0.3, 0.4) is 0 Å². The van der Waals surface area contributed by atoms with E-state index in [-0.39, 0.29) is 17.7 Å². The van der Waals surface area contributed by atoms with Gasteiger partial charge in [0.25, 0.3) is 0 Å². The Balaban J connectivity index is 1.89. The van der Waals surface area contributed by atoms with E-state index in [0.717, 1.165) is 32.1 Å². The molecule has 24 heavy (non-hydrogen) atoms. The molecule has 7 heteroatoms. The molecule has 1 saturated carbocycles. The summed E-state index contributed by atoms with van der Waals surface area (Å²) in [6, 6.07) is 0. The Bertz CT molecular complexity index is 439. The number of rotatable bonds is 5. The van der Waals surface area contributed by atoms with Crippen LogP contribution in [0.2, 0.25) is 0 Å². The third-order valence-corrected chi connectivity index (χ3v) is 5.52. The molecular formula is C17H30F3N3O. The van der Waals surface area contributed by atoms with Gasteiger partial charge in [-0.05, 0) is 38.6 Å². The largest absolute Gasteiger partial charge is 0.401 e. The van der Waals surface area contributed by atoms with Crippen molar-refractivity contribution in [1.29, 1.82) is 0 Å². The number of hydrogen-bond acceptors (Lipinski definition) is 3. The normalized spacial score (nSPS) is 31.7. The number of alkyl halides is 3. The molecule has 4 nitrogen and oxygen atoms in total. The van der Waals surface area contributed by atoms with Crippen molar-refractivity contribution >= 4 is 5.91 Å². The van der Waals surface area contributed by atoms with Crippen molar-refractivity contribution in [3.8, 4) is 0 Å². The average Bonchev–Trinajstić information content (AvgIpc) is 2.92. The number of amides is 1. The van der Waals surface area contributed by atoms with Crippen LogP contribution in [0, 0.1) is 11.8 Å². The summed E-state index contributed by atoms with van der Waals surface area (Å²) < 4.78 is 37.7. The molecule has 0 radical (unpaired) electrons. The summed E-state index contributed by atoms with van der Waals surface area (Å²) in [5.41, 5.74) is 5.86. The summed E-state index contributed by atoms with van der Waals surface area (Å²) in [6.07, 6.45) is 0.359. The van der Waals surface area contributed by atoms with Crippen molar-refractivity contribution in [3.63, 3.8) is 0 Å². The maximum absolute atomic E-state index is 12.8. The molecule has 1 heterocycles. The third-order valence-electron chi connectivity index (χ3n) is 5.52. The van der Waals surface area contributed by atoms with E-state index in [9.17, 15) is 18.0 Å². The van der Waals surface area contributed by atoms with Crippen molar-refractivity contribution in [2.24, 2.45) is 17.6 Å². The fourth-order valence-electron chi connectivity index (χ4n) is 4.09. The number of hydrogen-bond donors (Lipinski definition) is 1. The van der Waals surface area contributed by atoms with Crippen LogP contribution in [-0.4, -0.2) is 60.1 Å². The van der Waals surface area contributed by atoms with Gasteiger partial charge in [-0.25, -0.2) is 0 Å². The van der Waals surface area contributed by atoms with Crippen molar-refractivity contribution in [2.75, 3.05) is 32.7 Å². The van der Waals surface area contributed by atoms with Gasteiger partial charge in [-0.15, -0.1) is 0 Å². The monoisotopic (exact) mass is 349 g/mol. The van der Waals surface area contributed by atoms with Crippen LogP contribution in [0.25, 0.3) is 0 Å². The van der Waals surface area contributed by atoms with Crippen molar-refractivity contribution in [2.45, 2.75) is 57.7 Å². The molecule has 3 atom stereocenters. The highest BCUT2D eigenvalue weighted by molar-refractivity contribution is 5.80. The van der Waals surface area contributed by atoms with Crippen LogP contribution >= 0.6 is 0 Å². The summed E-state index contributed by atoms with van der Waals surface area (Å²) >= 11 is 0. The summed E-state index contributed by atoms with van der Waals surface area (Å²) in [5, 5.41) is 0. The lowest BCUT2D eigenvalue weighted by Gasteiger charge is -2.39. The summed E-state index contributed by atoms with van der Waals surface area (Å²) in [7, 11) is 0. The molecule has 0 aromatic heterocycles. The van der Waals surface area contributed by atoms with Crippen LogP contribution < -0.4 is 5.73 Å². The molecule has 0 aromatic carbocycles. The summed E-state index contributed by atoms with van der Waals surface area (Å²) in [5.74, 6) is 0.0624. The van der Waals surface area contributed by atoms with Gasteiger partial charge in [0.2, 0.25) is 5.91 Å². The first-order valence-electron chi connectivity index (χ1n) is 8.99. The minimum Gasteiger partial charge on any atom is -0.342 e. The molecule has 0 spiro atoms. The topological polar surface area (TPSA) is 49.6 Å². The molecule has 140 valence electrons. The second kappa shape index (κ2) is 7.60. The highest BCUT2D eigenvalue weighted by Crippen LogP contribution is 2.34. The average molecular weight is 349 g/mol. The SMILES string of the molecule is CCN(CC1CCN(C(=O)C2CCCCC2(C)N)C1)CC(F)(F)F. The Morgan fingerprint density at radius 2 is 2.04 bits per heavy atom. The van der Waals surface area contributed by atoms with Crippen LogP contribution in [0.4, 0.5) is 13.2 Å². The minimum atomic E-state index is -4.17. The van der Waals surface area contributed by atoms with Gasteiger partial charge in [0.05, 0.1) is 12.5 Å². The predicted molar refractivity (Wildman–Crippen MR) is 87.4 cm³/mol. The zero-order valence-electron chi connectivity index (χ0n) is 14.7. The maximum Gasteiger partial charge on any atom is 0.401 e. The molecule has 2 rings (SSSR count). The number of halogens is 3. The lowest BCUT2D eigenvalue weighted by atomic mass is 9.74. The van der Waals surface area contributed by atoms with Gasteiger partial charge in [-0.1, -0.05) is 19.8 Å². The van der Waals surface area contributed by atoms with Crippen molar-refractivity contribution in [1.82, 2.24) is 9.80 Å². The Kier molecular flexibility index (Phi) is 6.18. The second-order valence-electron chi connectivity index (χ2n) is 7.69. The van der Waals surface area contributed by atoms with E-state index in [2.05, 4.69) is 0 Å². The van der Waals surface area contributed by atoms with Gasteiger partial charge in [-0.2, -0.15) is 13.2 Å². The summed E-state index contributed by atoms with van der Waals surface area (Å²) in [6.45, 7) is 4.77. The molecule has 2 fully saturated rings. The fourth-order valence-corrected chi connectivity index (χ4v) is 4.09. The van der Waals surface area contributed by atoms with E-state index in [0.29, 0.717) is 26.2 Å². The van der Waals surface area contributed by atoms with Gasteiger partial charge in [0.1, 0.15) is 0 Å². The first-order valence-corrected chi connectivity index (χ1v) is 8.99. The molecule has 2 aliphatic rings. The molecule has 0 aromatic rings. The fraction of sp³-hybridized carbons (Fsp3) is 0.941. The molecule has 2 N–H and O–H groups in total. The molecule has 1 saturated heterocycles. The third kappa shape index (κ3) is 5.09. The van der Waals surface area contributed by atoms with Gasteiger partial charge in [-0.3, -0.25) is 9.69 Å². The molecule has 1 aliphatic carbocycles. The molecule has 3 unspecified atom stereocenters. The first-order chi connectivity index (χ1) is 11.1. The number of nitrogens with zero attached hydrogens (tertiary/aromatic N) is 2. The number of nitrogens with two attached hydrogens (primary N) is 1. The molecule has 1 aliphatic heterocycles. The van der Waals surface area contributed by atoms with Crippen LogP contribution in [0.15, 0.2) is 0 Å². The van der Waals surface area contributed by atoms with E-state index in [1.165, 1.54) is 4.90 Å². The number of likely N-dealkylation sites (tertiary alicyclic amines) is 1. The second-order valence-corrected chi connectivity index (χ2v) is 7.69. The first kappa shape index (κ1) is 19.5.